The third-order valence-electron chi connectivity index (χ3n) is 4.45. The number of fused-ring (bicyclic) bond motifs is 1. The molecule has 2 amide bonds. The molecule has 1 aliphatic heterocycles. The Morgan fingerprint density at radius 3 is 2.48 bits per heavy atom. The molecule has 1 aliphatic rings. The lowest BCUT2D eigenvalue weighted by atomic mass is 10.1. The molecule has 0 saturated carbocycles. The average molecular weight is 437 g/mol. The number of esters is 1. The van der Waals surface area contributed by atoms with Gasteiger partial charge in [-0.05, 0) is 41.5 Å². The van der Waals surface area contributed by atoms with E-state index in [4.69, 9.17) is 14.2 Å². The summed E-state index contributed by atoms with van der Waals surface area (Å²) in [6.45, 7) is 0.484. The van der Waals surface area contributed by atoms with Crippen molar-refractivity contribution in [3.8, 4) is 21.9 Å². The Morgan fingerprint density at radius 2 is 1.68 bits per heavy atom. The number of nitrogens with one attached hydrogen (secondary N) is 1. The molecule has 0 saturated heterocycles. The first kappa shape index (κ1) is 20.6. The second kappa shape index (κ2) is 9.44. The largest absolute Gasteiger partial charge is 0.486 e. The molecule has 2 heterocycles. The number of amides is 2. The van der Waals surface area contributed by atoms with E-state index >= 15 is 0 Å². The normalized spacial score (nSPS) is 12.1. The van der Waals surface area contributed by atoms with Crippen LogP contribution in [0.15, 0.2) is 60.7 Å². The number of carbonyl (C=O) groups excluding carboxylic acids is 3. The molecule has 0 bridgehead atoms. The number of hydrogen-bond donors (Lipinski definition) is 1. The summed E-state index contributed by atoms with van der Waals surface area (Å²) < 4.78 is 16.1. The fourth-order valence-corrected chi connectivity index (χ4v) is 3.91. The number of ether oxygens (including phenoxy) is 3. The van der Waals surface area contributed by atoms with Gasteiger partial charge < -0.3 is 14.2 Å². The molecule has 7 nitrogen and oxygen atoms in total. The Kier molecular flexibility index (Phi) is 6.28. The maximum Gasteiger partial charge on any atom is 0.348 e. The molecule has 8 heteroatoms. The Balaban J connectivity index is 1.30. The number of carbonyl (C=O) groups is 3. The van der Waals surface area contributed by atoms with Crippen molar-refractivity contribution in [2.24, 2.45) is 0 Å². The predicted molar refractivity (Wildman–Crippen MR) is 114 cm³/mol. The summed E-state index contributed by atoms with van der Waals surface area (Å²) >= 11 is 1.24. The van der Waals surface area contributed by atoms with Gasteiger partial charge in [-0.1, -0.05) is 30.3 Å². The van der Waals surface area contributed by atoms with Crippen LogP contribution in [0.2, 0.25) is 0 Å². The topological polar surface area (TPSA) is 90.9 Å². The van der Waals surface area contributed by atoms with Crippen molar-refractivity contribution in [2.75, 3.05) is 19.8 Å². The smallest absolute Gasteiger partial charge is 0.348 e. The van der Waals surface area contributed by atoms with E-state index in [0.29, 0.717) is 29.6 Å². The summed E-state index contributed by atoms with van der Waals surface area (Å²) in [5.74, 6) is -0.390. The van der Waals surface area contributed by atoms with Gasteiger partial charge in [-0.3, -0.25) is 14.9 Å². The molecule has 0 unspecified atom stereocenters. The zero-order valence-corrected chi connectivity index (χ0v) is 17.3. The van der Waals surface area contributed by atoms with E-state index in [1.54, 1.807) is 24.3 Å². The van der Waals surface area contributed by atoms with E-state index in [1.165, 1.54) is 11.3 Å². The van der Waals surface area contributed by atoms with Gasteiger partial charge in [-0.15, -0.1) is 11.3 Å². The van der Waals surface area contributed by atoms with Crippen LogP contribution in [0, 0.1) is 0 Å². The lowest BCUT2D eigenvalue weighted by molar-refractivity contribution is -0.132. The highest BCUT2D eigenvalue weighted by molar-refractivity contribution is 7.17. The van der Waals surface area contributed by atoms with E-state index in [9.17, 15) is 14.4 Å². The van der Waals surface area contributed by atoms with Crippen LogP contribution >= 0.6 is 11.3 Å². The van der Waals surface area contributed by atoms with Crippen LogP contribution in [-0.4, -0.2) is 37.6 Å². The van der Waals surface area contributed by atoms with Gasteiger partial charge in [-0.25, -0.2) is 4.79 Å². The first-order chi connectivity index (χ1) is 15.1. The minimum atomic E-state index is -0.669. The average Bonchev–Trinajstić information content (AvgIpc) is 3.28. The van der Waals surface area contributed by atoms with Gasteiger partial charge in [0.1, 0.15) is 18.1 Å². The zero-order chi connectivity index (χ0) is 21.6. The second-order valence-electron chi connectivity index (χ2n) is 6.73. The van der Waals surface area contributed by atoms with Crippen molar-refractivity contribution in [1.82, 2.24) is 5.32 Å². The van der Waals surface area contributed by atoms with Crippen LogP contribution in [0.3, 0.4) is 0 Å². The molecular formula is C23H19NO6S. The minimum absolute atomic E-state index is 0.0738. The van der Waals surface area contributed by atoms with E-state index in [-0.39, 0.29) is 6.42 Å². The molecule has 1 aromatic heterocycles. The molecular weight excluding hydrogens is 418 g/mol. The van der Waals surface area contributed by atoms with Crippen molar-refractivity contribution in [1.29, 1.82) is 0 Å². The highest BCUT2D eigenvalue weighted by atomic mass is 32.1. The van der Waals surface area contributed by atoms with E-state index < -0.39 is 24.4 Å². The van der Waals surface area contributed by atoms with Gasteiger partial charge in [0.15, 0.2) is 18.1 Å². The number of benzene rings is 2. The Morgan fingerprint density at radius 1 is 0.903 bits per heavy atom. The molecule has 0 spiro atoms. The summed E-state index contributed by atoms with van der Waals surface area (Å²) in [5, 5.41) is 2.22. The van der Waals surface area contributed by atoms with Gasteiger partial charge in [0, 0.05) is 4.88 Å². The highest BCUT2D eigenvalue weighted by Gasteiger charge is 2.17. The third-order valence-corrected chi connectivity index (χ3v) is 5.57. The summed E-state index contributed by atoms with van der Waals surface area (Å²) in [5.41, 5.74) is 1.67. The maximum absolute atomic E-state index is 12.3. The van der Waals surface area contributed by atoms with Crippen LogP contribution in [-0.2, 0) is 20.7 Å². The summed E-state index contributed by atoms with van der Waals surface area (Å²) in [4.78, 5) is 37.3. The van der Waals surface area contributed by atoms with Crippen molar-refractivity contribution in [3.05, 3.63) is 71.1 Å². The molecule has 0 atom stereocenters. The highest BCUT2D eigenvalue weighted by Crippen LogP contribution is 2.37. The van der Waals surface area contributed by atoms with Gasteiger partial charge in [-0.2, -0.15) is 0 Å². The van der Waals surface area contributed by atoms with Crippen LogP contribution in [0.1, 0.15) is 15.2 Å². The van der Waals surface area contributed by atoms with Crippen LogP contribution in [0.5, 0.6) is 11.5 Å². The van der Waals surface area contributed by atoms with E-state index in [0.717, 1.165) is 16.0 Å². The third kappa shape index (κ3) is 5.29. The monoisotopic (exact) mass is 437 g/mol. The van der Waals surface area contributed by atoms with Gasteiger partial charge in [0.2, 0.25) is 5.91 Å². The van der Waals surface area contributed by atoms with Gasteiger partial charge in [0.25, 0.3) is 5.91 Å². The SMILES string of the molecule is O=C(COC(=O)c1ccc(-c2ccc3c(c2)OCCO3)s1)NC(=O)Cc1ccccc1. The van der Waals surface area contributed by atoms with Crippen molar-refractivity contribution in [2.45, 2.75) is 6.42 Å². The van der Waals surface area contributed by atoms with Gasteiger partial charge in [0.05, 0.1) is 6.42 Å². The van der Waals surface area contributed by atoms with Crippen molar-refractivity contribution < 1.29 is 28.6 Å². The number of imide groups is 1. The molecule has 3 aromatic rings. The summed E-state index contributed by atoms with van der Waals surface area (Å²) in [6, 6.07) is 18.1. The quantitative estimate of drug-likeness (QED) is 0.596. The fourth-order valence-electron chi connectivity index (χ4n) is 3.02. The molecule has 0 fully saturated rings. The molecule has 0 aliphatic carbocycles. The first-order valence-corrected chi connectivity index (χ1v) is 10.4. The lowest BCUT2D eigenvalue weighted by Gasteiger charge is -2.18. The van der Waals surface area contributed by atoms with Crippen LogP contribution < -0.4 is 14.8 Å². The number of thiophene rings is 1. The molecule has 1 N–H and O–H groups in total. The molecule has 2 aromatic carbocycles. The zero-order valence-electron chi connectivity index (χ0n) is 16.5. The standard InChI is InChI=1S/C23H19NO6S/c25-21(12-15-4-2-1-3-5-15)24-22(26)14-30-23(27)20-9-8-19(31-20)16-6-7-17-18(13-16)29-11-10-28-17/h1-9,13H,10-12,14H2,(H,24,25,26). The molecule has 31 heavy (non-hydrogen) atoms. The lowest BCUT2D eigenvalue weighted by Crippen LogP contribution is -2.35. The summed E-state index contributed by atoms with van der Waals surface area (Å²) in [6.07, 6.45) is 0.0738. The van der Waals surface area contributed by atoms with Crippen LogP contribution in [0.4, 0.5) is 0 Å². The molecule has 158 valence electrons. The van der Waals surface area contributed by atoms with Crippen LogP contribution in [0.25, 0.3) is 10.4 Å². The first-order valence-electron chi connectivity index (χ1n) is 9.62. The molecule has 0 radical (unpaired) electrons. The summed E-state index contributed by atoms with van der Waals surface area (Å²) in [7, 11) is 0. The maximum atomic E-state index is 12.3. The van der Waals surface area contributed by atoms with Crippen molar-refractivity contribution in [3.63, 3.8) is 0 Å². The molecule has 4 rings (SSSR count). The second-order valence-corrected chi connectivity index (χ2v) is 7.82. The van der Waals surface area contributed by atoms with E-state index in [2.05, 4.69) is 5.32 Å². The Hall–Kier alpha value is -3.65. The minimum Gasteiger partial charge on any atom is -0.486 e. The van der Waals surface area contributed by atoms with Gasteiger partial charge >= 0.3 is 5.97 Å². The predicted octanol–water partition coefficient (Wildman–Crippen LogP) is 3.23. The van der Waals surface area contributed by atoms with E-state index in [1.807, 2.05) is 36.4 Å². The van der Waals surface area contributed by atoms with Crippen molar-refractivity contribution >= 4 is 29.1 Å². The Labute approximate surface area is 182 Å². The number of hydrogen-bond acceptors (Lipinski definition) is 7. The number of rotatable bonds is 6. The fraction of sp³-hybridized carbons (Fsp3) is 0.174. The Bertz CT molecular complexity index is 1110.